The number of para-hydroxylation sites is 1. The predicted molar refractivity (Wildman–Crippen MR) is 95.5 cm³/mol. The van der Waals surface area contributed by atoms with Gasteiger partial charge in [-0.3, -0.25) is 9.78 Å². The van der Waals surface area contributed by atoms with Crippen LogP contribution in [0.1, 0.15) is 42.2 Å². The van der Waals surface area contributed by atoms with Gasteiger partial charge in [0.25, 0.3) is 5.91 Å². The Bertz CT molecular complexity index is 671. The summed E-state index contributed by atoms with van der Waals surface area (Å²) in [5.41, 5.74) is 2.48. The van der Waals surface area contributed by atoms with Crippen LogP contribution in [0.3, 0.4) is 0 Å². The first-order chi connectivity index (χ1) is 11.6. The molecular weight excluding hydrogens is 304 g/mol. The first kappa shape index (κ1) is 18.4. The lowest BCUT2D eigenvalue weighted by molar-refractivity contribution is 0.0688. The number of hydrogen-bond donors (Lipinski definition) is 1. The molecule has 0 atom stereocenters. The topological polar surface area (TPSA) is 60.5 Å². The molecule has 0 radical (unpaired) electrons. The molecular formula is C19H26N2O3. The molecule has 1 aromatic heterocycles. The number of aromatic nitrogens is 1. The molecule has 1 aromatic carbocycles. The first-order valence-corrected chi connectivity index (χ1v) is 8.38. The van der Waals surface area contributed by atoms with Crippen molar-refractivity contribution in [1.82, 2.24) is 10.3 Å². The fourth-order valence-electron chi connectivity index (χ4n) is 2.40. The molecule has 0 aliphatic heterocycles. The Labute approximate surface area is 143 Å². The number of benzene rings is 1. The molecule has 130 valence electrons. The van der Waals surface area contributed by atoms with Crippen LogP contribution in [-0.2, 0) is 9.47 Å². The molecule has 0 unspecified atom stereocenters. The Morgan fingerprint density at radius 1 is 1.21 bits per heavy atom. The second kappa shape index (κ2) is 9.35. The molecule has 0 spiro atoms. The van der Waals surface area contributed by atoms with Crippen LogP contribution < -0.4 is 5.32 Å². The summed E-state index contributed by atoms with van der Waals surface area (Å²) in [5.74, 6) is 0.211. The molecule has 0 aliphatic rings. The number of pyridine rings is 1. The molecule has 1 N–H and O–H groups in total. The van der Waals surface area contributed by atoms with Gasteiger partial charge in [0, 0.05) is 31.3 Å². The molecule has 0 fully saturated rings. The van der Waals surface area contributed by atoms with E-state index in [0.29, 0.717) is 31.9 Å². The standard InChI is InChI=1S/C19H26N2O3/c1-14(2)18-13-16(15-7-4-5-8-17(15)21-18)19(22)20-9-6-10-24-12-11-23-3/h4-5,7-8,13-14H,6,9-12H2,1-3H3,(H,20,22). The van der Waals surface area contributed by atoms with Crippen molar-refractivity contribution in [2.45, 2.75) is 26.2 Å². The maximum absolute atomic E-state index is 12.6. The highest BCUT2D eigenvalue weighted by atomic mass is 16.5. The number of amides is 1. The minimum absolute atomic E-state index is 0.0626. The smallest absolute Gasteiger partial charge is 0.252 e. The quantitative estimate of drug-likeness (QED) is 0.718. The van der Waals surface area contributed by atoms with Gasteiger partial charge in [0.05, 0.1) is 24.3 Å². The summed E-state index contributed by atoms with van der Waals surface area (Å²) in [6.07, 6.45) is 0.773. The van der Waals surface area contributed by atoms with Crippen LogP contribution in [0.4, 0.5) is 0 Å². The summed E-state index contributed by atoms with van der Waals surface area (Å²) in [7, 11) is 1.65. The monoisotopic (exact) mass is 330 g/mol. The lowest BCUT2D eigenvalue weighted by atomic mass is 10.0. The van der Waals surface area contributed by atoms with Gasteiger partial charge in [-0.05, 0) is 24.5 Å². The maximum Gasteiger partial charge on any atom is 0.252 e. The number of nitrogens with zero attached hydrogens (tertiary/aromatic N) is 1. The number of hydrogen-bond acceptors (Lipinski definition) is 4. The second-order valence-corrected chi connectivity index (χ2v) is 5.98. The van der Waals surface area contributed by atoms with Gasteiger partial charge in [-0.2, -0.15) is 0 Å². The second-order valence-electron chi connectivity index (χ2n) is 5.98. The molecule has 1 amide bonds. The van der Waals surface area contributed by atoms with Gasteiger partial charge in [-0.1, -0.05) is 32.0 Å². The average molecular weight is 330 g/mol. The summed E-state index contributed by atoms with van der Waals surface area (Å²) in [6.45, 7) is 6.52. The Morgan fingerprint density at radius 2 is 2.00 bits per heavy atom. The van der Waals surface area contributed by atoms with Crippen LogP contribution in [0.5, 0.6) is 0 Å². The SMILES string of the molecule is COCCOCCCNC(=O)c1cc(C(C)C)nc2ccccc12. The predicted octanol–water partition coefficient (Wildman–Crippen LogP) is 3.14. The third-order valence-corrected chi connectivity index (χ3v) is 3.75. The van der Waals surface area contributed by atoms with E-state index in [1.54, 1.807) is 7.11 Å². The number of fused-ring (bicyclic) bond motifs is 1. The van der Waals surface area contributed by atoms with Crippen LogP contribution in [0, 0.1) is 0 Å². The zero-order chi connectivity index (χ0) is 17.4. The van der Waals surface area contributed by atoms with Gasteiger partial charge >= 0.3 is 0 Å². The minimum atomic E-state index is -0.0626. The number of ether oxygens (including phenoxy) is 2. The van der Waals surface area contributed by atoms with E-state index in [1.807, 2.05) is 30.3 Å². The molecule has 0 bridgehead atoms. The highest BCUT2D eigenvalue weighted by Gasteiger charge is 2.13. The van der Waals surface area contributed by atoms with Crippen molar-refractivity contribution in [1.29, 1.82) is 0 Å². The molecule has 0 saturated carbocycles. The van der Waals surface area contributed by atoms with Crippen molar-refractivity contribution in [3.8, 4) is 0 Å². The number of carbonyl (C=O) groups excluding carboxylic acids is 1. The van der Waals surface area contributed by atoms with E-state index < -0.39 is 0 Å². The van der Waals surface area contributed by atoms with Crippen LogP contribution in [0.2, 0.25) is 0 Å². The Balaban J connectivity index is 2.00. The molecule has 2 aromatic rings. The lowest BCUT2D eigenvalue weighted by Gasteiger charge is -2.12. The Hall–Kier alpha value is -1.98. The van der Waals surface area contributed by atoms with E-state index in [1.165, 1.54) is 0 Å². The summed E-state index contributed by atoms with van der Waals surface area (Å²) in [5, 5.41) is 3.86. The summed E-state index contributed by atoms with van der Waals surface area (Å²) < 4.78 is 10.3. The Morgan fingerprint density at radius 3 is 2.75 bits per heavy atom. The van der Waals surface area contributed by atoms with Crippen LogP contribution >= 0.6 is 0 Å². The largest absolute Gasteiger partial charge is 0.382 e. The van der Waals surface area contributed by atoms with Gasteiger partial charge in [0.1, 0.15) is 0 Å². The van der Waals surface area contributed by atoms with Crippen molar-refractivity contribution < 1.29 is 14.3 Å². The number of carbonyl (C=O) groups is 1. The lowest BCUT2D eigenvalue weighted by Crippen LogP contribution is -2.26. The molecule has 2 rings (SSSR count). The van der Waals surface area contributed by atoms with E-state index in [9.17, 15) is 4.79 Å². The fraction of sp³-hybridized carbons (Fsp3) is 0.474. The van der Waals surface area contributed by atoms with E-state index in [2.05, 4.69) is 24.1 Å². The summed E-state index contributed by atoms with van der Waals surface area (Å²) in [4.78, 5) is 17.2. The fourth-order valence-corrected chi connectivity index (χ4v) is 2.40. The van der Waals surface area contributed by atoms with E-state index in [0.717, 1.165) is 23.0 Å². The van der Waals surface area contributed by atoms with Gasteiger partial charge in [-0.25, -0.2) is 0 Å². The molecule has 1 heterocycles. The summed E-state index contributed by atoms with van der Waals surface area (Å²) in [6, 6.07) is 9.66. The van der Waals surface area contributed by atoms with Gasteiger partial charge in [0.2, 0.25) is 0 Å². The van der Waals surface area contributed by atoms with E-state index >= 15 is 0 Å². The van der Waals surface area contributed by atoms with Crippen molar-refractivity contribution in [2.24, 2.45) is 0 Å². The van der Waals surface area contributed by atoms with Crippen LogP contribution in [-0.4, -0.2) is 44.4 Å². The minimum Gasteiger partial charge on any atom is -0.382 e. The number of rotatable bonds is 9. The highest BCUT2D eigenvalue weighted by Crippen LogP contribution is 2.22. The zero-order valence-corrected chi connectivity index (χ0v) is 14.7. The third kappa shape index (κ3) is 5.01. The van der Waals surface area contributed by atoms with Crippen molar-refractivity contribution in [3.05, 3.63) is 41.6 Å². The maximum atomic E-state index is 12.6. The Kier molecular flexibility index (Phi) is 7.15. The molecule has 5 heteroatoms. The molecule has 0 aliphatic carbocycles. The van der Waals surface area contributed by atoms with Gasteiger partial charge in [0.15, 0.2) is 0 Å². The zero-order valence-electron chi connectivity index (χ0n) is 14.7. The van der Waals surface area contributed by atoms with Crippen molar-refractivity contribution in [3.63, 3.8) is 0 Å². The van der Waals surface area contributed by atoms with E-state index in [-0.39, 0.29) is 11.8 Å². The molecule has 24 heavy (non-hydrogen) atoms. The molecule has 0 saturated heterocycles. The number of methoxy groups -OCH3 is 1. The van der Waals surface area contributed by atoms with Gasteiger partial charge in [-0.15, -0.1) is 0 Å². The molecule has 5 nitrogen and oxygen atoms in total. The van der Waals surface area contributed by atoms with Crippen molar-refractivity contribution >= 4 is 16.8 Å². The normalized spacial score (nSPS) is 11.2. The average Bonchev–Trinajstić information content (AvgIpc) is 2.59. The van der Waals surface area contributed by atoms with Crippen molar-refractivity contribution in [2.75, 3.05) is 33.5 Å². The van der Waals surface area contributed by atoms with Crippen LogP contribution in [0.25, 0.3) is 10.9 Å². The van der Waals surface area contributed by atoms with E-state index in [4.69, 9.17) is 9.47 Å². The number of nitrogens with one attached hydrogen (secondary N) is 1. The first-order valence-electron chi connectivity index (χ1n) is 8.38. The third-order valence-electron chi connectivity index (χ3n) is 3.75. The van der Waals surface area contributed by atoms with Gasteiger partial charge < -0.3 is 14.8 Å². The highest BCUT2D eigenvalue weighted by molar-refractivity contribution is 6.06. The van der Waals surface area contributed by atoms with Crippen LogP contribution in [0.15, 0.2) is 30.3 Å². The summed E-state index contributed by atoms with van der Waals surface area (Å²) >= 11 is 0.